The summed E-state index contributed by atoms with van der Waals surface area (Å²) in [6, 6.07) is 2.23. The van der Waals surface area contributed by atoms with Gasteiger partial charge in [-0.1, -0.05) is 0 Å². The fraction of sp³-hybridized carbons (Fsp3) is 0.611. The van der Waals surface area contributed by atoms with Crippen molar-refractivity contribution in [2.24, 2.45) is 11.7 Å². The summed E-state index contributed by atoms with van der Waals surface area (Å²) in [5.41, 5.74) is 5.12. The van der Waals surface area contributed by atoms with E-state index in [4.69, 9.17) is 10.5 Å². The van der Waals surface area contributed by atoms with Crippen LogP contribution in [0.2, 0.25) is 0 Å². The molecule has 0 fully saturated rings. The molecule has 0 radical (unpaired) electrons. The minimum Gasteiger partial charge on any atom is -0.618 e. The third kappa shape index (κ3) is 6.59. The van der Waals surface area contributed by atoms with E-state index in [2.05, 4.69) is 0 Å². The van der Waals surface area contributed by atoms with Gasteiger partial charge in [0.25, 0.3) is 0 Å². The minimum absolute atomic E-state index is 0.0104. The van der Waals surface area contributed by atoms with Crippen molar-refractivity contribution in [1.29, 1.82) is 0 Å². The average Bonchev–Trinajstić information content (AvgIpc) is 2.52. The van der Waals surface area contributed by atoms with Crippen molar-refractivity contribution in [2.75, 3.05) is 13.6 Å². The molecule has 0 saturated heterocycles. The summed E-state index contributed by atoms with van der Waals surface area (Å²) in [4.78, 5) is 26.5. The molecule has 8 heteroatoms. The van der Waals surface area contributed by atoms with E-state index in [-0.39, 0.29) is 37.0 Å². The number of esters is 1. The van der Waals surface area contributed by atoms with Crippen LogP contribution in [-0.4, -0.2) is 42.0 Å². The molecule has 0 aliphatic heterocycles. The summed E-state index contributed by atoms with van der Waals surface area (Å²) in [6.07, 6.45) is 0.592. The van der Waals surface area contributed by atoms with Gasteiger partial charge < -0.3 is 20.6 Å². The maximum absolute atomic E-state index is 13.1. The van der Waals surface area contributed by atoms with E-state index in [0.717, 1.165) is 12.3 Å². The first-order valence-electron chi connectivity index (χ1n) is 8.50. The topological polar surface area (TPSA) is 99.6 Å². The van der Waals surface area contributed by atoms with Gasteiger partial charge in [0.15, 0.2) is 11.5 Å². The molecule has 1 aromatic rings. The smallest absolute Gasteiger partial charge is 0.307 e. The Labute approximate surface area is 153 Å². The molecule has 1 heterocycles. The Balaban J connectivity index is 3.04. The van der Waals surface area contributed by atoms with Gasteiger partial charge in [-0.05, 0) is 33.8 Å². The second-order valence-electron chi connectivity index (χ2n) is 7.39. The average molecular weight is 369 g/mol. The molecular formula is C18H28FN3O4. The lowest BCUT2D eigenvalue weighted by atomic mass is 9.96. The van der Waals surface area contributed by atoms with E-state index < -0.39 is 23.3 Å². The number of nitrogens with zero attached hydrogens (tertiary/aromatic N) is 2. The molecule has 2 N–H and O–H groups in total. The predicted octanol–water partition coefficient (Wildman–Crippen LogP) is 1.16. The van der Waals surface area contributed by atoms with Gasteiger partial charge in [0.1, 0.15) is 5.60 Å². The molecule has 0 unspecified atom stereocenters. The normalized spacial score (nSPS) is 13.8. The van der Waals surface area contributed by atoms with Crippen LogP contribution in [0.25, 0.3) is 0 Å². The van der Waals surface area contributed by atoms with Crippen molar-refractivity contribution in [1.82, 2.24) is 4.90 Å². The van der Waals surface area contributed by atoms with Crippen LogP contribution in [0.3, 0.4) is 0 Å². The molecule has 26 heavy (non-hydrogen) atoms. The Morgan fingerprint density at radius 3 is 2.50 bits per heavy atom. The van der Waals surface area contributed by atoms with Crippen molar-refractivity contribution >= 4 is 11.9 Å². The van der Waals surface area contributed by atoms with Crippen molar-refractivity contribution in [3.8, 4) is 0 Å². The van der Waals surface area contributed by atoms with Gasteiger partial charge in [0.05, 0.1) is 12.3 Å². The van der Waals surface area contributed by atoms with Crippen molar-refractivity contribution in [3.05, 3.63) is 35.0 Å². The van der Waals surface area contributed by atoms with E-state index in [1.54, 1.807) is 34.7 Å². The zero-order valence-electron chi connectivity index (χ0n) is 16.0. The summed E-state index contributed by atoms with van der Waals surface area (Å²) in [5.74, 6) is -2.34. The SMILES string of the molecule is C[C@@H](CN)N(C)C(=O)[C@@H](CC(=O)OC(C)(C)C)Cc1ccc(F)c[n+]1[O-]. The van der Waals surface area contributed by atoms with Crippen LogP contribution in [0.1, 0.15) is 39.8 Å². The minimum atomic E-state index is -0.811. The Hall–Kier alpha value is -2.22. The largest absolute Gasteiger partial charge is 0.618 e. The second kappa shape index (κ2) is 8.93. The van der Waals surface area contributed by atoms with Crippen LogP contribution < -0.4 is 10.5 Å². The molecule has 0 saturated carbocycles. The molecule has 0 aromatic carbocycles. The van der Waals surface area contributed by atoms with Gasteiger partial charge in [-0.25, -0.2) is 4.39 Å². The molecule has 1 amide bonds. The number of pyridine rings is 1. The van der Waals surface area contributed by atoms with E-state index in [0.29, 0.717) is 4.73 Å². The number of carbonyl (C=O) groups is 2. The van der Waals surface area contributed by atoms with Crippen LogP contribution in [0.4, 0.5) is 4.39 Å². The first kappa shape index (κ1) is 21.8. The number of carbonyl (C=O) groups excluding carboxylic acids is 2. The summed E-state index contributed by atoms with van der Waals surface area (Å²) in [5, 5.41) is 11.9. The number of halogens is 1. The maximum Gasteiger partial charge on any atom is 0.307 e. The fourth-order valence-corrected chi connectivity index (χ4v) is 2.39. The van der Waals surface area contributed by atoms with Gasteiger partial charge in [0, 0.05) is 32.1 Å². The standard InChI is InChI=1S/C18H28FN3O4/c1-12(10-20)21(5)17(24)13(9-16(23)26-18(2,3)4)8-15-7-6-14(19)11-22(15)25/h6-7,11-13H,8-10,20H2,1-5H3/t12-,13+/m0/s1. The van der Waals surface area contributed by atoms with Crippen LogP contribution >= 0.6 is 0 Å². The molecule has 0 spiro atoms. The predicted molar refractivity (Wildman–Crippen MR) is 94.3 cm³/mol. The molecule has 146 valence electrons. The maximum atomic E-state index is 13.1. The molecule has 7 nitrogen and oxygen atoms in total. The van der Waals surface area contributed by atoms with E-state index in [1.165, 1.54) is 11.0 Å². The Morgan fingerprint density at radius 1 is 1.38 bits per heavy atom. The highest BCUT2D eigenvalue weighted by molar-refractivity contribution is 5.84. The third-order valence-corrected chi connectivity index (χ3v) is 3.95. The van der Waals surface area contributed by atoms with Gasteiger partial charge in [-0.3, -0.25) is 9.59 Å². The lowest BCUT2D eigenvalue weighted by molar-refractivity contribution is -0.616. The van der Waals surface area contributed by atoms with E-state index in [9.17, 15) is 19.2 Å². The molecular weight excluding hydrogens is 341 g/mol. The number of amides is 1. The third-order valence-electron chi connectivity index (χ3n) is 3.95. The fourth-order valence-electron chi connectivity index (χ4n) is 2.39. The number of likely N-dealkylation sites (N-methyl/N-ethyl adjacent to an activating group) is 1. The number of hydrogen-bond donors (Lipinski definition) is 1. The van der Waals surface area contributed by atoms with Crippen molar-refractivity contribution in [3.63, 3.8) is 0 Å². The van der Waals surface area contributed by atoms with Crippen LogP contribution in [0, 0.1) is 16.9 Å². The first-order valence-corrected chi connectivity index (χ1v) is 8.50. The molecule has 1 aromatic heterocycles. The Morgan fingerprint density at radius 2 is 2.00 bits per heavy atom. The zero-order chi connectivity index (χ0) is 20.1. The molecule has 1 rings (SSSR count). The lowest BCUT2D eigenvalue weighted by Crippen LogP contribution is -2.45. The summed E-state index contributed by atoms with van der Waals surface area (Å²) in [7, 11) is 1.60. The van der Waals surface area contributed by atoms with Crippen molar-refractivity contribution in [2.45, 2.75) is 52.2 Å². The quantitative estimate of drug-likeness (QED) is 0.442. The summed E-state index contributed by atoms with van der Waals surface area (Å²) in [6.45, 7) is 7.25. The number of rotatable bonds is 7. The lowest BCUT2D eigenvalue weighted by Gasteiger charge is -2.28. The molecule has 2 atom stereocenters. The van der Waals surface area contributed by atoms with E-state index in [1.807, 2.05) is 0 Å². The first-order chi connectivity index (χ1) is 11.9. The van der Waals surface area contributed by atoms with Gasteiger partial charge in [-0.2, -0.15) is 4.73 Å². The van der Waals surface area contributed by atoms with Crippen LogP contribution in [0.5, 0.6) is 0 Å². The van der Waals surface area contributed by atoms with Gasteiger partial charge in [-0.15, -0.1) is 0 Å². The van der Waals surface area contributed by atoms with Crippen molar-refractivity contribution < 1.29 is 23.4 Å². The van der Waals surface area contributed by atoms with Gasteiger partial charge >= 0.3 is 5.97 Å². The summed E-state index contributed by atoms with van der Waals surface area (Å²) < 4.78 is 18.8. The Bertz CT molecular complexity index is 646. The second-order valence-corrected chi connectivity index (χ2v) is 7.39. The number of nitrogens with two attached hydrogens (primary N) is 1. The monoisotopic (exact) mass is 369 g/mol. The number of ether oxygens (including phenoxy) is 1. The summed E-state index contributed by atoms with van der Waals surface area (Å²) >= 11 is 0. The molecule has 0 aliphatic carbocycles. The number of aromatic nitrogens is 1. The van der Waals surface area contributed by atoms with Gasteiger partial charge in [0.2, 0.25) is 12.1 Å². The number of hydrogen-bond acceptors (Lipinski definition) is 5. The highest BCUT2D eigenvalue weighted by atomic mass is 19.1. The highest BCUT2D eigenvalue weighted by Gasteiger charge is 2.31. The van der Waals surface area contributed by atoms with E-state index >= 15 is 0 Å². The molecule has 0 aliphatic rings. The Kier molecular flexibility index (Phi) is 7.50. The van der Waals surface area contributed by atoms with Crippen LogP contribution in [-0.2, 0) is 20.7 Å². The highest BCUT2D eigenvalue weighted by Crippen LogP contribution is 2.18. The van der Waals surface area contributed by atoms with Crippen LogP contribution in [0.15, 0.2) is 18.3 Å². The molecule has 0 bridgehead atoms. The zero-order valence-corrected chi connectivity index (χ0v) is 16.0.